The number of non-ortho nitro benzene ring substituents is 1. The first-order valence-electron chi connectivity index (χ1n) is 9.70. The average molecular weight is 410 g/mol. The topological polar surface area (TPSA) is 85.9 Å². The van der Waals surface area contributed by atoms with Crippen LogP contribution < -0.4 is 4.80 Å². The van der Waals surface area contributed by atoms with Crippen LogP contribution in [0.3, 0.4) is 0 Å². The van der Waals surface area contributed by atoms with Crippen LogP contribution in [0.25, 0.3) is 11.3 Å². The zero-order chi connectivity index (χ0) is 20.2. The Bertz CT molecular complexity index is 1090. The second-order valence-corrected chi connectivity index (χ2v) is 7.97. The van der Waals surface area contributed by atoms with Crippen molar-refractivity contribution in [2.75, 3.05) is 0 Å². The third-order valence-electron chi connectivity index (χ3n) is 4.99. The van der Waals surface area contributed by atoms with Crippen molar-refractivity contribution >= 4 is 23.2 Å². The summed E-state index contributed by atoms with van der Waals surface area (Å²) >= 11 is 1.53. The first-order chi connectivity index (χ1) is 14.1. The Labute approximate surface area is 172 Å². The summed E-state index contributed by atoms with van der Waals surface area (Å²) in [5.74, 6) is 1.49. The van der Waals surface area contributed by atoms with Gasteiger partial charge >= 0.3 is 0 Å². The van der Waals surface area contributed by atoms with Crippen molar-refractivity contribution in [1.29, 1.82) is 0 Å². The molecule has 0 spiro atoms. The third-order valence-corrected chi connectivity index (χ3v) is 5.82. The summed E-state index contributed by atoms with van der Waals surface area (Å²) in [4.78, 5) is 16.3. The number of aromatic nitrogens is 1. The Morgan fingerprint density at radius 3 is 2.59 bits per heavy atom. The standard InChI is InChI=1S/C21H22N4O3S/c1-15-7-12-19(28-15)13-22-24-20(16-8-10-18(11-9-16)25(26)27)14-29-21(24)23-17-5-3-2-4-6-17/h7-14,17H,2-6H2,1H3. The smallest absolute Gasteiger partial charge is 0.269 e. The van der Waals surface area contributed by atoms with Crippen LogP contribution in [0.5, 0.6) is 0 Å². The van der Waals surface area contributed by atoms with Crippen molar-refractivity contribution in [3.8, 4) is 11.3 Å². The summed E-state index contributed by atoms with van der Waals surface area (Å²) in [7, 11) is 0. The van der Waals surface area contributed by atoms with Gasteiger partial charge in [0.2, 0.25) is 4.80 Å². The number of aryl methyl sites for hydroxylation is 1. The summed E-state index contributed by atoms with van der Waals surface area (Å²) in [6.45, 7) is 1.89. The van der Waals surface area contributed by atoms with Crippen LogP contribution in [0.2, 0.25) is 0 Å². The maximum atomic E-state index is 11.0. The number of rotatable bonds is 5. The van der Waals surface area contributed by atoms with Crippen LogP contribution in [-0.4, -0.2) is 21.9 Å². The number of furan rings is 1. The molecule has 0 radical (unpaired) electrons. The van der Waals surface area contributed by atoms with E-state index in [1.807, 2.05) is 24.4 Å². The van der Waals surface area contributed by atoms with Crippen LogP contribution >= 0.6 is 11.3 Å². The molecule has 0 amide bonds. The quantitative estimate of drug-likeness (QED) is 0.331. The van der Waals surface area contributed by atoms with E-state index in [2.05, 4.69) is 5.10 Å². The zero-order valence-electron chi connectivity index (χ0n) is 16.2. The Morgan fingerprint density at radius 2 is 1.93 bits per heavy atom. The molecule has 8 heteroatoms. The number of hydrogen-bond acceptors (Lipinski definition) is 6. The minimum Gasteiger partial charge on any atom is -0.460 e. The lowest BCUT2D eigenvalue weighted by Gasteiger charge is -2.16. The van der Waals surface area contributed by atoms with Crippen LogP contribution in [0.4, 0.5) is 5.69 Å². The highest BCUT2D eigenvalue weighted by Crippen LogP contribution is 2.24. The molecule has 0 saturated heterocycles. The molecule has 0 N–H and O–H groups in total. The van der Waals surface area contributed by atoms with Crippen molar-refractivity contribution in [3.05, 3.63) is 68.2 Å². The predicted octanol–water partition coefficient (Wildman–Crippen LogP) is 5.14. The van der Waals surface area contributed by atoms with E-state index in [1.165, 1.54) is 42.7 Å². The van der Waals surface area contributed by atoms with Gasteiger partial charge in [-0.1, -0.05) is 19.3 Å². The second kappa shape index (κ2) is 8.57. The molecule has 0 atom stereocenters. The number of nitro groups is 1. The Morgan fingerprint density at radius 1 is 1.17 bits per heavy atom. The van der Waals surface area contributed by atoms with E-state index in [0.29, 0.717) is 11.8 Å². The average Bonchev–Trinajstić information content (AvgIpc) is 3.33. The molecule has 1 aliphatic carbocycles. The van der Waals surface area contributed by atoms with Crippen molar-refractivity contribution in [2.24, 2.45) is 10.1 Å². The number of hydrogen-bond donors (Lipinski definition) is 0. The lowest BCUT2D eigenvalue weighted by atomic mass is 9.96. The third kappa shape index (κ3) is 4.54. The maximum absolute atomic E-state index is 11.0. The molecule has 4 rings (SSSR count). The number of nitro benzene ring substituents is 1. The molecular weight excluding hydrogens is 388 g/mol. The molecule has 2 heterocycles. The minimum absolute atomic E-state index is 0.0669. The first kappa shape index (κ1) is 19.3. The molecule has 150 valence electrons. The molecule has 0 aliphatic heterocycles. The van der Waals surface area contributed by atoms with Crippen molar-refractivity contribution < 1.29 is 9.34 Å². The highest BCUT2D eigenvalue weighted by atomic mass is 32.1. The van der Waals surface area contributed by atoms with Crippen LogP contribution in [-0.2, 0) is 0 Å². The Balaban J connectivity index is 1.74. The van der Waals surface area contributed by atoms with Gasteiger partial charge in [0.15, 0.2) is 0 Å². The van der Waals surface area contributed by atoms with Crippen LogP contribution in [0, 0.1) is 17.0 Å². The highest BCUT2D eigenvalue weighted by molar-refractivity contribution is 7.07. The molecule has 2 aromatic heterocycles. The van der Waals surface area contributed by atoms with Gasteiger partial charge < -0.3 is 4.42 Å². The Hall–Kier alpha value is -3.00. The molecule has 7 nitrogen and oxygen atoms in total. The van der Waals surface area contributed by atoms with Gasteiger partial charge in [-0.15, -0.1) is 11.3 Å². The van der Waals surface area contributed by atoms with Crippen LogP contribution in [0.15, 0.2) is 56.3 Å². The van der Waals surface area contributed by atoms with Gasteiger partial charge in [-0.25, -0.2) is 4.68 Å². The summed E-state index contributed by atoms with van der Waals surface area (Å²) in [6, 6.07) is 10.6. The molecule has 1 fully saturated rings. The largest absolute Gasteiger partial charge is 0.460 e. The molecule has 3 aromatic rings. The van der Waals surface area contributed by atoms with Gasteiger partial charge in [-0.05, 0) is 44.0 Å². The second-order valence-electron chi connectivity index (χ2n) is 7.13. The van der Waals surface area contributed by atoms with Crippen molar-refractivity contribution in [1.82, 2.24) is 4.68 Å². The highest BCUT2D eigenvalue weighted by Gasteiger charge is 2.14. The number of thiazole rings is 1. The summed E-state index contributed by atoms with van der Waals surface area (Å²) in [5, 5.41) is 17.6. The van der Waals surface area contributed by atoms with Gasteiger partial charge in [0.05, 0.1) is 22.9 Å². The molecular formula is C21H22N4O3S. The molecule has 1 aromatic carbocycles. The SMILES string of the molecule is Cc1ccc(C=Nn2c(-c3ccc([N+](=O)[O-])cc3)csc2=NC2CCCCC2)o1. The zero-order valence-corrected chi connectivity index (χ0v) is 17.0. The number of nitrogens with zero attached hydrogens (tertiary/aromatic N) is 4. The lowest BCUT2D eigenvalue weighted by molar-refractivity contribution is -0.384. The maximum Gasteiger partial charge on any atom is 0.269 e. The fourth-order valence-electron chi connectivity index (χ4n) is 3.46. The van der Waals surface area contributed by atoms with E-state index in [4.69, 9.17) is 9.41 Å². The molecule has 1 aliphatic rings. The molecule has 1 saturated carbocycles. The molecule has 29 heavy (non-hydrogen) atoms. The summed E-state index contributed by atoms with van der Waals surface area (Å²) < 4.78 is 7.40. The number of benzene rings is 1. The van der Waals surface area contributed by atoms with E-state index in [9.17, 15) is 10.1 Å². The first-order valence-corrected chi connectivity index (χ1v) is 10.6. The van der Waals surface area contributed by atoms with Gasteiger partial charge in [0.1, 0.15) is 11.5 Å². The fourth-order valence-corrected chi connectivity index (χ4v) is 4.36. The van der Waals surface area contributed by atoms with E-state index in [1.54, 1.807) is 23.0 Å². The van der Waals surface area contributed by atoms with Gasteiger partial charge in [-0.3, -0.25) is 15.1 Å². The fraction of sp³-hybridized carbons (Fsp3) is 0.333. The minimum atomic E-state index is -0.396. The van der Waals surface area contributed by atoms with Gasteiger partial charge in [0.25, 0.3) is 5.69 Å². The van der Waals surface area contributed by atoms with Crippen LogP contribution in [0.1, 0.15) is 43.6 Å². The normalized spacial score (nSPS) is 16.0. The lowest BCUT2D eigenvalue weighted by Crippen LogP contribution is -2.18. The van der Waals surface area contributed by atoms with E-state index < -0.39 is 4.92 Å². The monoisotopic (exact) mass is 410 g/mol. The van der Waals surface area contributed by atoms with Gasteiger partial charge in [-0.2, -0.15) is 5.10 Å². The van der Waals surface area contributed by atoms with E-state index in [-0.39, 0.29) is 5.69 Å². The van der Waals surface area contributed by atoms with Gasteiger partial charge in [0, 0.05) is 23.1 Å². The van der Waals surface area contributed by atoms with E-state index >= 15 is 0 Å². The Kier molecular flexibility index (Phi) is 5.71. The predicted molar refractivity (Wildman–Crippen MR) is 113 cm³/mol. The van der Waals surface area contributed by atoms with Crippen molar-refractivity contribution in [2.45, 2.75) is 45.1 Å². The summed E-state index contributed by atoms with van der Waals surface area (Å²) in [6.07, 6.45) is 7.58. The van der Waals surface area contributed by atoms with E-state index in [0.717, 1.165) is 34.7 Å². The summed E-state index contributed by atoms with van der Waals surface area (Å²) in [5.41, 5.74) is 1.76. The molecule has 0 unspecified atom stereocenters. The van der Waals surface area contributed by atoms with Crippen molar-refractivity contribution in [3.63, 3.8) is 0 Å². The molecule has 0 bridgehead atoms.